The van der Waals surface area contributed by atoms with Crippen LogP contribution >= 0.6 is 0 Å². The molecule has 98 valence electrons. The molecule has 0 unspecified atom stereocenters. The van der Waals surface area contributed by atoms with E-state index in [4.69, 9.17) is 0 Å². The van der Waals surface area contributed by atoms with Gasteiger partial charge in [-0.1, -0.05) is 6.92 Å². The van der Waals surface area contributed by atoms with Gasteiger partial charge in [0.25, 0.3) is 5.91 Å². The lowest BCUT2D eigenvalue weighted by atomic mass is 9.98. The molecule has 0 atom stereocenters. The second-order valence-electron chi connectivity index (χ2n) is 5.25. The van der Waals surface area contributed by atoms with Crippen molar-refractivity contribution < 1.29 is 4.79 Å². The molecular formula is C15H22N2O. The Morgan fingerprint density at radius 3 is 2.56 bits per heavy atom. The number of carbonyl (C=O) groups is 1. The molecule has 0 aromatic heterocycles. The van der Waals surface area contributed by atoms with Crippen molar-refractivity contribution >= 4 is 11.6 Å². The normalized spacial score (nSPS) is 16.7. The van der Waals surface area contributed by atoms with Crippen molar-refractivity contribution in [1.29, 1.82) is 0 Å². The summed E-state index contributed by atoms with van der Waals surface area (Å²) < 4.78 is 0. The lowest BCUT2D eigenvalue weighted by Crippen LogP contribution is -2.37. The number of aryl methyl sites for hydroxylation is 1. The monoisotopic (exact) mass is 246 g/mol. The van der Waals surface area contributed by atoms with Gasteiger partial charge in [0.2, 0.25) is 0 Å². The van der Waals surface area contributed by atoms with Gasteiger partial charge in [-0.05, 0) is 49.4 Å². The van der Waals surface area contributed by atoms with Crippen LogP contribution in [0.2, 0.25) is 0 Å². The molecule has 0 bridgehead atoms. The molecule has 0 saturated carbocycles. The fourth-order valence-corrected chi connectivity index (χ4v) is 2.47. The molecule has 1 aliphatic heterocycles. The molecule has 0 radical (unpaired) electrons. The van der Waals surface area contributed by atoms with Gasteiger partial charge in [0.1, 0.15) is 0 Å². The third kappa shape index (κ3) is 2.66. The number of hydrogen-bond acceptors (Lipinski definition) is 2. The van der Waals surface area contributed by atoms with E-state index >= 15 is 0 Å². The molecule has 3 heteroatoms. The summed E-state index contributed by atoms with van der Waals surface area (Å²) in [5, 5.41) is 3.12. The number of likely N-dealkylation sites (tertiary alicyclic amines) is 1. The van der Waals surface area contributed by atoms with E-state index in [9.17, 15) is 4.79 Å². The minimum Gasteiger partial charge on any atom is -0.388 e. The molecule has 0 aliphatic carbocycles. The minimum absolute atomic E-state index is 0.174. The molecular weight excluding hydrogens is 224 g/mol. The van der Waals surface area contributed by atoms with Crippen LogP contribution in [0, 0.1) is 12.8 Å². The zero-order valence-electron chi connectivity index (χ0n) is 11.5. The third-order valence-electron chi connectivity index (χ3n) is 3.81. The van der Waals surface area contributed by atoms with E-state index in [1.807, 2.05) is 37.1 Å². The largest absolute Gasteiger partial charge is 0.388 e. The van der Waals surface area contributed by atoms with Crippen molar-refractivity contribution in [3.8, 4) is 0 Å². The minimum atomic E-state index is 0.174. The van der Waals surface area contributed by atoms with Gasteiger partial charge in [0.05, 0.1) is 0 Å². The molecule has 1 amide bonds. The summed E-state index contributed by atoms with van der Waals surface area (Å²) in [5.74, 6) is 0.926. The fourth-order valence-electron chi connectivity index (χ4n) is 2.47. The maximum atomic E-state index is 12.4. The van der Waals surface area contributed by atoms with Crippen molar-refractivity contribution in [3.63, 3.8) is 0 Å². The van der Waals surface area contributed by atoms with Crippen LogP contribution in [0.5, 0.6) is 0 Å². The molecule has 1 fully saturated rings. The number of carbonyl (C=O) groups excluding carboxylic acids is 1. The van der Waals surface area contributed by atoms with Gasteiger partial charge in [0.15, 0.2) is 0 Å². The quantitative estimate of drug-likeness (QED) is 0.870. The zero-order valence-corrected chi connectivity index (χ0v) is 11.5. The first kappa shape index (κ1) is 12.9. The molecule has 1 saturated heterocycles. The molecule has 1 aromatic carbocycles. The van der Waals surface area contributed by atoms with Gasteiger partial charge in [-0.2, -0.15) is 0 Å². The van der Waals surface area contributed by atoms with Crippen LogP contribution in [-0.4, -0.2) is 30.9 Å². The number of hydrogen-bond donors (Lipinski definition) is 1. The third-order valence-corrected chi connectivity index (χ3v) is 3.81. The summed E-state index contributed by atoms with van der Waals surface area (Å²) in [4.78, 5) is 14.3. The summed E-state index contributed by atoms with van der Waals surface area (Å²) in [6.45, 7) is 6.08. The predicted molar refractivity (Wildman–Crippen MR) is 75.0 cm³/mol. The highest BCUT2D eigenvalue weighted by molar-refractivity contribution is 5.95. The summed E-state index contributed by atoms with van der Waals surface area (Å²) in [7, 11) is 1.90. The molecule has 1 aliphatic rings. The van der Waals surface area contributed by atoms with E-state index in [1.165, 1.54) is 0 Å². The molecule has 18 heavy (non-hydrogen) atoms. The first-order chi connectivity index (χ1) is 8.61. The van der Waals surface area contributed by atoms with Gasteiger partial charge in [-0.15, -0.1) is 0 Å². The van der Waals surface area contributed by atoms with Gasteiger partial charge in [-0.25, -0.2) is 0 Å². The van der Waals surface area contributed by atoms with E-state index in [0.29, 0.717) is 0 Å². The molecule has 3 nitrogen and oxygen atoms in total. The summed E-state index contributed by atoms with van der Waals surface area (Å²) in [6, 6.07) is 5.88. The first-order valence-electron chi connectivity index (χ1n) is 6.69. The maximum Gasteiger partial charge on any atom is 0.253 e. The predicted octanol–water partition coefficient (Wildman–Crippen LogP) is 2.91. The topological polar surface area (TPSA) is 32.3 Å². The van der Waals surface area contributed by atoms with Crippen LogP contribution in [0.4, 0.5) is 5.69 Å². The number of piperidine rings is 1. The van der Waals surface area contributed by atoms with Gasteiger partial charge >= 0.3 is 0 Å². The number of amides is 1. The molecule has 2 rings (SSSR count). The van der Waals surface area contributed by atoms with Crippen LogP contribution in [0.1, 0.15) is 35.7 Å². The SMILES string of the molecule is CNc1ccc(C(=O)N2CCC(C)CC2)cc1C. The Balaban J connectivity index is 2.11. The van der Waals surface area contributed by atoms with E-state index < -0.39 is 0 Å². The summed E-state index contributed by atoms with van der Waals surface area (Å²) in [6.07, 6.45) is 2.25. The van der Waals surface area contributed by atoms with Crippen LogP contribution < -0.4 is 5.32 Å². The number of anilines is 1. The van der Waals surface area contributed by atoms with Crippen molar-refractivity contribution in [2.24, 2.45) is 5.92 Å². The highest BCUT2D eigenvalue weighted by Gasteiger charge is 2.21. The number of benzene rings is 1. The highest BCUT2D eigenvalue weighted by Crippen LogP contribution is 2.20. The fraction of sp³-hybridized carbons (Fsp3) is 0.533. The average molecular weight is 246 g/mol. The molecule has 0 spiro atoms. The maximum absolute atomic E-state index is 12.4. The second-order valence-corrected chi connectivity index (χ2v) is 5.25. The Hall–Kier alpha value is -1.51. The van der Waals surface area contributed by atoms with E-state index in [0.717, 1.165) is 48.7 Å². The van der Waals surface area contributed by atoms with Crippen molar-refractivity contribution in [3.05, 3.63) is 29.3 Å². The Bertz CT molecular complexity index is 434. The zero-order chi connectivity index (χ0) is 13.1. The van der Waals surface area contributed by atoms with Crippen LogP contribution in [0.25, 0.3) is 0 Å². The molecule has 1 N–H and O–H groups in total. The summed E-state index contributed by atoms with van der Waals surface area (Å²) in [5.41, 5.74) is 3.01. The van der Waals surface area contributed by atoms with Gasteiger partial charge < -0.3 is 10.2 Å². The van der Waals surface area contributed by atoms with Crippen LogP contribution in [-0.2, 0) is 0 Å². The number of rotatable bonds is 2. The Kier molecular flexibility index (Phi) is 3.90. The Morgan fingerprint density at radius 1 is 1.33 bits per heavy atom. The Labute approximate surface area is 109 Å². The number of nitrogens with zero attached hydrogens (tertiary/aromatic N) is 1. The molecule has 1 heterocycles. The van der Waals surface area contributed by atoms with Crippen molar-refractivity contribution in [1.82, 2.24) is 4.90 Å². The van der Waals surface area contributed by atoms with E-state index in [1.54, 1.807) is 0 Å². The lowest BCUT2D eigenvalue weighted by Gasteiger charge is -2.30. The van der Waals surface area contributed by atoms with Crippen molar-refractivity contribution in [2.45, 2.75) is 26.7 Å². The van der Waals surface area contributed by atoms with E-state index in [-0.39, 0.29) is 5.91 Å². The van der Waals surface area contributed by atoms with E-state index in [2.05, 4.69) is 12.2 Å². The Morgan fingerprint density at radius 2 is 2.00 bits per heavy atom. The standard InChI is InChI=1S/C15H22N2O/c1-11-6-8-17(9-7-11)15(18)13-4-5-14(16-3)12(2)10-13/h4-5,10-11,16H,6-9H2,1-3H3. The molecule has 1 aromatic rings. The average Bonchev–Trinajstić information content (AvgIpc) is 2.38. The second kappa shape index (κ2) is 5.42. The van der Waals surface area contributed by atoms with Gasteiger partial charge in [0, 0.05) is 31.4 Å². The van der Waals surface area contributed by atoms with Gasteiger partial charge in [-0.3, -0.25) is 4.79 Å². The number of nitrogens with one attached hydrogen (secondary N) is 1. The smallest absolute Gasteiger partial charge is 0.253 e. The van der Waals surface area contributed by atoms with Crippen LogP contribution in [0.15, 0.2) is 18.2 Å². The summed E-state index contributed by atoms with van der Waals surface area (Å²) >= 11 is 0. The first-order valence-corrected chi connectivity index (χ1v) is 6.69. The lowest BCUT2D eigenvalue weighted by molar-refractivity contribution is 0.0697. The highest BCUT2D eigenvalue weighted by atomic mass is 16.2. The van der Waals surface area contributed by atoms with Crippen molar-refractivity contribution in [2.75, 3.05) is 25.5 Å². The van der Waals surface area contributed by atoms with Crippen LogP contribution in [0.3, 0.4) is 0 Å².